The van der Waals surface area contributed by atoms with Gasteiger partial charge in [-0.15, -0.1) is 0 Å². The normalized spacial score (nSPS) is 26.4. The summed E-state index contributed by atoms with van der Waals surface area (Å²) in [6.45, 7) is 1.86. The molecule has 0 unspecified atom stereocenters. The average molecular weight is 365 g/mol. The Hall–Kier alpha value is -1.44. The van der Waals surface area contributed by atoms with Crippen LogP contribution in [-0.4, -0.2) is 45.8 Å². The lowest BCUT2D eigenvalue weighted by Gasteiger charge is -2.37. The van der Waals surface area contributed by atoms with Gasteiger partial charge in [0.25, 0.3) is 0 Å². The Balaban J connectivity index is 1.77. The number of hydrogen-bond donors (Lipinski definition) is 2. The number of nitrogens with zero attached hydrogens (tertiary/aromatic N) is 1. The first-order valence-corrected chi connectivity index (χ1v) is 10.3. The van der Waals surface area contributed by atoms with Crippen LogP contribution in [0.4, 0.5) is 0 Å². The predicted octanol–water partition coefficient (Wildman–Crippen LogP) is 1.33. The van der Waals surface area contributed by atoms with Crippen molar-refractivity contribution >= 4 is 15.9 Å². The van der Waals surface area contributed by atoms with Crippen molar-refractivity contribution in [2.75, 3.05) is 27.2 Å². The Morgan fingerprint density at radius 1 is 1.32 bits per heavy atom. The largest absolute Gasteiger partial charge is 0.351 e. The van der Waals surface area contributed by atoms with Gasteiger partial charge in [-0.1, -0.05) is 31.0 Å². The molecule has 1 heterocycles. The number of carbonyl (C=O) groups is 1. The van der Waals surface area contributed by atoms with E-state index in [1.165, 1.54) is 24.8 Å². The number of nitrogens with one attached hydrogen (secondary N) is 2. The molecule has 2 aliphatic rings. The van der Waals surface area contributed by atoms with E-state index in [4.69, 9.17) is 0 Å². The fourth-order valence-electron chi connectivity index (χ4n) is 4.14. The summed E-state index contributed by atoms with van der Waals surface area (Å²) in [4.78, 5) is 13.2. The zero-order valence-corrected chi connectivity index (χ0v) is 15.7. The number of sulfonamides is 1. The molecule has 2 fully saturated rings. The van der Waals surface area contributed by atoms with Crippen LogP contribution in [0, 0.1) is 11.3 Å². The van der Waals surface area contributed by atoms with E-state index in [0.29, 0.717) is 11.5 Å². The van der Waals surface area contributed by atoms with E-state index in [1.807, 2.05) is 0 Å². The van der Waals surface area contributed by atoms with E-state index < -0.39 is 10.0 Å². The molecule has 2 atom stereocenters. The van der Waals surface area contributed by atoms with Gasteiger partial charge in [0.15, 0.2) is 0 Å². The molecule has 138 valence electrons. The molecule has 0 radical (unpaired) electrons. The second kappa shape index (κ2) is 7.05. The smallest absolute Gasteiger partial charge is 0.242 e. The Bertz CT molecular complexity index is 748. The predicted molar refractivity (Wildman–Crippen MR) is 96.4 cm³/mol. The SMILES string of the molecule is CN(C)S(=O)(=O)c1ccccc1CNC(=O)[C@@]12CCCC[C@H]1CNC2. The van der Waals surface area contributed by atoms with Gasteiger partial charge >= 0.3 is 0 Å². The quantitative estimate of drug-likeness (QED) is 0.825. The molecule has 1 aromatic carbocycles. The van der Waals surface area contributed by atoms with Crippen LogP contribution in [0.2, 0.25) is 0 Å². The maximum atomic E-state index is 13.0. The summed E-state index contributed by atoms with van der Waals surface area (Å²) in [6.07, 6.45) is 4.27. The third-order valence-electron chi connectivity index (χ3n) is 5.66. The van der Waals surface area contributed by atoms with E-state index in [2.05, 4.69) is 10.6 Å². The molecule has 3 rings (SSSR count). The number of carbonyl (C=O) groups excluding carboxylic acids is 1. The van der Waals surface area contributed by atoms with Crippen molar-refractivity contribution in [1.82, 2.24) is 14.9 Å². The molecule has 1 amide bonds. The van der Waals surface area contributed by atoms with Crippen LogP contribution in [0.15, 0.2) is 29.2 Å². The standard InChI is InChI=1S/C18H27N3O3S/c1-21(2)25(23,24)16-9-4-3-7-14(16)11-20-17(22)18-10-6-5-8-15(18)12-19-13-18/h3-4,7,9,15,19H,5-6,8,10-13H2,1-2H3,(H,20,22)/t15-,18+/m0/s1. The highest BCUT2D eigenvalue weighted by molar-refractivity contribution is 7.89. The van der Waals surface area contributed by atoms with Gasteiger partial charge in [-0.25, -0.2) is 12.7 Å². The van der Waals surface area contributed by atoms with E-state index >= 15 is 0 Å². The lowest BCUT2D eigenvalue weighted by atomic mass is 9.67. The van der Waals surface area contributed by atoms with Crippen molar-refractivity contribution in [1.29, 1.82) is 0 Å². The Morgan fingerprint density at radius 3 is 2.84 bits per heavy atom. The zero-order valence-electron chi connectivity index (χ0n) is 14.9. The highest BCUT2D eigenvalue weighted by atomic mass is 32.2. The third-order valence-corrected chi connectivity index (χ3v) is 7.58. The van der Waals surface area contributed by atoms with Crippen molar-refractivity contribution in [3.05, 3.63) is 29.8 Å². The summed E-state index contributed by atoms with van der Waals surface area (Å²) >= 11 is 0. The molecule has 2 N–H and O–H groups in total. The second-order valence-electron chi connectivity index (χ2n) is 7.31. The van der Waals surface area contributed by atoms with Gasteiger partial charge in [0.1, 0.15) is 0 Å². The first-order valence-electron chi connectivity index (χ1n) is 8.87. The summed E-state index contributed by atoms with van der Waals surface area (Å²) in [5.74, 6) is 0.446. The first kappa shape index (κ1) is 18.4. The molecule has 1 saturated carbocycles. The lowest BCUT2D eigenvalue weighted by Crippen LogP contribution is -2.47. The van der Waals surface area contributed by atoms with Crippen molar-refractivity contribution in [2.45, 2.75) is 37.1 Å². The molecule has 6 nitrogen and oxygen atoms in total. The van der Waals surface area contributed by atoms with Crippen LogP contribution >= 0.6 is 0 Å². The van der Waals surface area contributed by atoms with Gasteiger partial charge in [-0.3, -0.25) is 4.79 Å². The molecule has 1 aliphatic carbocycles. The first-order chi connectivity index (χ1) is 11.9. The minimum atomic E-state index is -3.53. The van der Waals surface area contributed by atoms with Crippen molar-refractivity contribution in [3.63, 3.8) is 0 Å². The van der Waals surface area contributed by atoms with Crippen molar-refractivity contribution in [3.8, 4) is 0 Å². The number of hydrogen-bond acceptors (Lipinski definition) is 4. The fraction of sp³-hybridized carbons (Fsp3) is 0.611. The molecular formula is C18H27N3O3S. The number of benzene rings is 1. The highest BCUT2D eigenvalue weighted by Gasteiger charge is 2.49. The molecule has 0 bridgehead atoms. The van der Waals surface area contributed by atoms with Gasteiger partial charge in [0, 0.05) is 27.2 Å². The van der Waals surface area contributed by atoms with E-state index in [-0.39, 0.29) is 22.8 Å². The van der Waals surface area contributed by atoms with Crippen LogP contribution in [0.1, 0.15) is 31.2 Å². The second-order valence-corrected chi connectivity index (χ2v) is 9.43. The zero-order chi connectivity index (χ0) is 18.1. The summed E-state index contributed by atoms with van der Waals surface area (Å²) < 4.78 is 26.2. The minimum Gasteiger partial charge on any atom is -0.351 e. The van der Waals surface area contributed by atoms with Gasteiger partial charge in [-0.05, 0) is 36.9 Å². The summed E-state index contributed by atoms with van der Waals surface area (Å²) in [5.41, 5.74) is 0.299. The maximum absolute atomic E-state index is 13.0. The van der Waals surface area contributed by atoms with Crippen molar-refractivity contribution in [2.24, 2.45) is 11.3 Å². The Labute approximate surface area is 150 Å². The molecule has 0 aromatic heterocycles. The van der Waals surface area contributed by atoms with Gasteiger partial charge in [0.2, 0.25) is 15.9 Å². The maximum Gasteiger partial charge on any atom is 0.242 e. The van der Waals surface area contributed by atoms with Crippen LogP contribution < -0.4 is 10.6 Å². The highest BCUT2D eigenvalue weighted by Crippen LogP contribution is 2.43. The molecule has 1 saturated heterocycles. The van der Waals surface area contributed by atoms with Crippen LogP contribution in [0.25, 0.3) is 0 Å². The summed E-state index contributed by atoms with van der Waals surface area (Å²) in [5, 5.41) is 6.39. The monoisotopic (exact) mass is 365 g/mol. The molecular weight excluding hydrogens is 338 g/mol. The van der Waals surface area contributed by atoms with Gasteiger partial charge in [-0.2, -0.15) is 0 Å². The van der Waals surface area contributed by atoms with Crippen molar-refractivity contribution < 1.29 is 13.2 Å². The number of rotatable bonds is 5. The van der Waals surface area contributed by atoms with E-state index in [9.17, 15) is 13.2 Å². The van der Waals surface area contributed by atoms with Crippen LogP contribution in [0.3, 0.4) is 0 Å². The fourth-order valence-corrected chi connectivity index (χ4v) is 5.26. The Morgan fingerprint density at radius 2 is 2.08 bits per heavy atom. The van der Waals surface area contributed by atoms with E-state index in [1.54, 1.807) is 24.3 Å². The van der Waals surface area contributed by atoms with Gasteiger partial charge in [0.05, 0.1) is 10.3 Å². The van der Waals surface area contributed by atoms with Gasteiger partial charge < -0.3 is 10.6 Å². The molecule has 25 heavy (non-hydrogen) atoms. The van der Waals surface area contributed by atoms with E-state index in [0.717, 1.165) is 32.4 Å². The Kier molecular flexibility index (Phi) is 5.18. The molecule has 7 heteroatoms. The molecule has 1 aliphatic heterocycles. The third kappa shape index (κ3) is 3.32. The molecule has 1 aromatic rings. The topological polar surface area (TPSA) is 78.5 Å². The lowest BCUT2D eigenvalue weighted by molar-refractivity contribution is -0.134. The van der Waals surface area contributed by atoms with Crippen LogP contribution in [-0.2, 0) is 21.4 Å². The van der Waals surface area contributed by atoms with Crippen LogP contribution in [0.5, 0.6) is 0 Å². The minimum absolute atomic E-state index is 0.0549. The number of fused-ring (bicyclic) bond motifs is 1. The average Bonchev–Trinajstić information content (AvgIpc) is 3.05. The number of amides is 1. The summed E-state index contributed by atoms with van der Waals surface area (Å²) in [7, 11) is -0.501. The molecule has 0 spiro atoms. The summed E-state index contributed by atoms with van der Waals surface area (Å²) in [6, 6.07) is 6.86.